The van der Waals surface area contributed by atoms with Crippen molar-refractivity contribution in [3.05, 3.63) is 11.1 Å². The molecule has 0 saturated carbocycles. The van der Waals surface area contributed by atoms with Gasteiger partial charge in [0.1, 0.15) is 0 Å². The molecule has 0 N–H and O–H groups in total. The van der Waals surface area contributed by atoms with Gasteiger partial charge in [0.15, 0.2) is 5.13 Å². The van der Waals surface area contributed by atoms with Gasteiger partial charge in [0, 0.05) is 24.2 Å². The van der Waals surface area contributed by atoms with Crippen LogP contribution < -0.4 is 4.90 Å². The van der Waals surface area contributed by atoms with E-state index in [1.807, 2.05) is 0 Å². The molecule has 1 saturated heterocycles. The van der Waals surface area contributed by atoms with E-state index in [1.165, 1.54) is 16.7 Å². The van der Waals surface area contributed by atoms with Gasteiger partial charge in [0.25, 0.3) is 0 Å². The van der Waals surface area contributed by atoms with Crippen molar-refractivity contribution in [3.8, 4) is 0 Å². The summed E-state index contributed by atoms with van der Waals surface area (Å²) in [5.74, 6) is 0. The Balaban J connectivity index is 2.03. The molecule has 0 aliphatic carbocycles. The van der Waals surface area contributed by atoms with Crippen LogP contribution in [0.25, 0.3) is 0 Å². The van der Waals surface area contributed by atoms with Crippen LogP contribution in [0.1, 0.15) is 18.5 Å². The lowest BCUT2D eigenvalue weighted by molar-refractivity contribution is 0.467. The molecule has 0 unspecified atom stereocenters. The summed E-state index contributed by atoms with van der Waals surface area (Å²) in [7, 11) is 0. The van der Waals surface area contributed by atoms with E-state index in [0.717, 1.165) is 31.1 Å². The van der Waals surface area contributed by atoms with Crippen molar-refractivity contribution in [2.75, 3.05) is 18.0 Å². The van der Waals surface area contributed by atoms with Crippen LogP contribution >= 0.6 is 11.3 Å². The minimum atomic E-state index is -4.76. The fraction of sp³-hybridized carbons (Fsp3) is 0.625. The Morgan fingerprint density at radius 2 is 2.00 bits per heavy atom. The lowest BCUT2D eigenvalue weighted by Crippen LogP contribution is -2.20. The van der Waals surface area contributed by atoms with E-state index < -0.39 is 13.3 Å². The predicted molar refractivity (Wildman–Crippen MR) is 56.3 cm³/mol. The lowest BCUT2D eigenvalue weighted by Gasteiger charge is -2.13. The Bertz CT molecular complexity index is 333. The summed E-state index contributed by atoms with van der Waals surface area (Å²) in [5, 5.41) is 2.26. The molecule has 0 aromatic carbocycles. The number of anilines is 1. The van der Waals surface area contributed by atoms with Gasteiger partial charge in [-0.3, -0.25) is 0 Å². The highest BCUT2D eigenvalue weighted by Gasteiger charge is 2.25. The molecule has 1 aliphatic heterocycles. The van der Waals surface area contributed by atoms with Crippen molar-refractivity contribution >= 4 is 23.4 Å². The molecule has 1 aromatic rings. The maximum Gasteiger partial charge on any atom is 0.484 e. The molecule has 84 valence electrons. The van der Waals surface area contributed by atoms with Crippen LogP contribution in [0.5, 0.6) is 0 Å². The molecule has 2 nitrogen and oxygen atoms in total. The summed E-state index contributed by atoms with van der Waals surface area (Å²) >= 11 is 1.31. The van der Waals surface area contributed by atoms with Crippen LogP contribution in [-0.2, 0) is 6.32 Å². The number of rotatable bonds is 3. The molecule has 2 heterocycles. The Kier molecular flexibility index (Phi) is 2.90. The number of hydrogen-bond acceptors (Lipinski definition) is 3. The van der Waals surface area contributed by atoms with Crippen molar-refractivity contribution in [2.24, 2.45) is 0 Å². The summed E-state index contributed by atoms with van der Waals surface area (Å²) in [5.41, 5.74) is 0.161. The summed E-state index contributed by atoms with van der Waals surface area (Å²) in [4.78, 5) is 6.07. The van der Waals surface area contributed by atoms with Gasteiger partial charge in [-0.1, -0.05) is 0 Å². The predicted octanol–water partition coefficient (Wildman–Crippen LogP) is 2.67. The minimum absolute atomic E-state index is 0.161. The second kappa shape index (κ2) is 4.04. The number of halogens is 3. The van der Waals surface area contributed by atoms with Gasteiger partial charge in [-0.05, 0) is 19.2 Å². The largest absolute Gasteiger partial charge is 0.484 e. The Morgan fingerprint density at radius 3 is 2.60 bits per heavy atom. The van der Waals surface area contributed by atoms with E-state index in [0.29, 0.717) is 0 Å². The maximum absolute atomic E-state index is 12.1. The van der Waals surface area contributed by atoms with Crippen molar-refractivity contribution < 1.29 is 12.9 Å². The average molecular weight is 235 g/mol. The van der Waals surface area contributed by atoms with Crippen molar-refractivity contribution in [1.82, 2.24) is 4.98 Å². The highest BCUT2D eigenvalue weighted by atomic mass is 32.1. The van der Waals surface area contributed by atoms with Crippen LogP contribution in [0.15, 0.2) is 5.38 Å². The fourth-order valence-corrected chi connectivity index (χ4v) is 2.57. The third-order valence-electron chi connectivity index (χ3n) is 2.36. The summed E-state index contributed by atoms with van der Waals surface area (Å²) in [6.07, 6.45) is 1.36. The standard InChI is InChI=1S/C8H11BF3N2S/c10-9(11,12)5-7-6-15-8(13-7)14-3-1-2-4-14/h6H,1-5H2/q-1. The van der Waals surface area contributed by atoms with Crippen molar-refractivity contribution in [1.29, 1.82) is 0 Å². The molecule has 0 amide bonds. The summed E-state index contributed by atoms with van der Waals surface area (Å²) in [6.45, 7) is -2.92. The Labute approximate surface area is 90.2 Å². The van der Waals surface area contributed by atoms with Crippen LogP contribution in [0.3, 0.4) is 0 Å². The van der Waals surface area contributed by atoms with Gasteiger partial charge in [-0.25, -0.2) is 4.98 Å². The highest BCUT2D eigenvalue weighted by Crippen LogP contribution is 2.26. The molecule has 0 spiro atoms. The molecule has 1 fully saturated rings. The van der Waals surface area contributed by atoms with Crippen molar-refractivity contribution in [2.45, 2.75) is 19.2 Å². The van der Waals surface area contributed by atoms with Gasteiger partial charge >= 0.3 is 6.98 Å². The average Bonchev–Trinajstić information content (AvgIpc) is 2.68. The Hall–Kier alpha value is -0.715. The van der Waals surface area contributed by atoms with E-state index in [1.54, 1.807) is 0 Å². The molecule has 0 bridgehead atoms. The molecule has 1 aromatic heterocycles. The first kappa shape index (κ1) is 10.8. The zero-order valence-corrected chi connectivity index (χ0v) is 8.94. The third-order valence-corrected chi connectivity index (χ3v) is 3.31. The van der Waals surface area contributed by atoms with Crippen LogP contribution in [0, 0.1) is 0 Å². The molecule has 7 heteroatoms. The molecular weight excluding hydrogens is 224 g/mol. The summed E-state index contributed by atoms with van der Waals surface area (Å²) < 4.78 is 36.4. The molecule has 0 atom stereocenters. The molecule has 2 rings (SSSR count). The minimum Gasteiger partial charge on any atom is -0.449 e. The van der Waals surface area contributed by atoms with E-state index in [4.69, 9.17) is 0 Å². The zero-order valence-electron chi connectivity index (χ0n) is 8.13. The fourth-order valence-electron chi connectivity index (χ4n) is 1.68. The van der Waals surface area contributed by atoms with Crippen LogP contribution in [0.2, 0.25) is 0 Å². The summed E-state index contributed by atoms with van der Waals surface area (Å²) in [6, 6.07) is 0. The molecular formula is C8H11BF3N2S-. The first-order valence-corrected chi connectivity index (χ1v) is 5.83. The van der Waals surface area contributed by atoms with E-state index >= 15 is 0 Å². The van der Waals surface area contributed by atoms with Crippen LogP contribution in [-0.4, -0.2) is 25.1 Å². The van der Waals surface area contributed by atoms with E-state index in [2.05, 4.69) is 9.88 Å². The Morgan fingerprint density at radius 1 is 1.33 bits per heavy atom. The van der Waals surface area contributed by atoms with Crippen molar-refractivity contribution in [3.63, 3.8) is 0 Å². The third kappa shape index (κ3) is 2.87. The quantitative estimate of drug-likeness (QED) is 0.748. The zero-order chi connectivity index (χ0) is 10.9. The first-order valence-electron chi connectivity index (χ1n) is 4.95. The van der Waals surface area contributed by atoms with E-state index in [9.17, 15) is 12.9 Å². The van der Waals surface area contributed by atoms with Gasteiger partial charge in [-0.15, -0.1) is 11.3 Å². The molecule has 0 radical (unpaired) electrons. The van der Waals surface area contributed by atoms with Gasteiger partial charge in [-0.2, -0.15) is 0 Å². The monoisotopic (exact) mass is 235 g/mol. The van der Waals surface area contributed by atoms with Gasteiger partial charge < -0.3 is 17.8 Å². The van der Waals surface area contributed by atoms with Gasteiger partial charge in [0.2, 0.25) is 0 Å². The van der Waals surface area contributed by atoms with Crippen LogP contribution in [0.4, 0.5) is 18.1 Å². The SMILES string of the molecule is F[B-](F)(F)Cc1csc(N2CCCC2)n1. The topological polar surface area (TPSA) is 16.1 Å². The lowest BCUT2D eigenvalue weighted by atomic mass is 9.85. The normalized spacial score (nSPS) is 17.4. The number of nitrogens with zero attached hydrogens (tertiary/aromatic N) is 2. The second-order valence-corrected chi connectivity index (χ2v) is 4.57. The molecule has 1 aliphatic rings. The highest BCUT2D eigenvalue weighted by molar-refractivity contribution is 7.13. The molecule has 15 heavy (non-hydrogen) atoms. The smallest absolute Gasteiger partial charge is 0.449 e. The van der Waals surface area contributed by atoms with E-state index in [-0.39, 0.29) is 5.69 Å². The number of hydrogen-bond donors (Lipinski definition) is 0. The second-order valence-electron chi connectivity index (χ2n) is 3.73. The first-order chi connectivity index (χ1) is 7.04. The number of thiazole rings is 1. The maximum atomic E-state index is 12.1. The van der Waals surface area contributed by atoms with Gasteiger partial charge in [0.05, 0.1) is 0 Å². The number of aromatic nitrogens is 1.